The Hall–Kier alpha value is -3.08. The van der Waals surface area contributed by atoms with Crippen molar-refractivity contribution in [1.29, 1.82) is 0 Å². The van der Waals surface area contributed by atoms with Gasteiger partial charge in [0.1, 0.15) is 18.7 Å². The molecule has 0 unspecified atom stereocenters. The Labute approximate surface area is 220 Å². The Bertz CT molecular complexity index is 1390. The van der Waals surface area contributed by atoms with Crippen LogP contribution in [0.15, 0.2) is 65.8 Å². The van der Waals surface area contributed by atoms with Crippen molar-refractivity contribution < 1.29 is 14.3 Å². The Kier molecular flexibility index (Phi) is 8.17. The van der Waals surface area contributed by atoms with Gasteiger partial charge in [0.05, 0.1) is 24.2 Å². The number of hydrogen-bond donors (Lipinski definition) is 0. The minimum atomic E-state index is -1.14. The molecule has 8 nitrogen and oxygen atoms in total. The maximum Gasteiger partial charge on any atom is 0.332 e. The lowest BCUT2D eigenvalue weighted by molar-refractivity contribution is -0.137. The fourth-order valence-corrected chi connectivity index (χ4v) is 4.84. The minimum Gasteiger partial charge on any atom is -0.463 e. The Balaban J connectivity index is 1.64. The topological polar surface area (TPSA) is 84.1 Å². The molecule has 0 saturated heterocycles. The average molecular weight is 569 g/mol. The number of halogens is 1. The number of esters is 1. The molecule has 0 radical (unpaired) electrons. The van der Waals surface area contributed by atoms with Crippen molar-refractivity contribution in [2.45, 2.75) is 39.3 Å². The molecule has 3 aromatic heterocycles. The van der Waals surface area contributed by atoms with E-state index in [9.17, 15) is 4.79 Å². The van der Waals surface area contributed by atoms with E-state index < -0.39 is 14.0 Å². The van der Waals surface area contributed by atoms with Gasteiger partial charge in [-0.05, 0) is 31.2 Å². The third-order valence-corrected chi connectivity index (χ3v) is 7.74. The number of hydrogen-bond acceptors (Lipinski definition) is 6. The van der Waals surface area contributed by atoms with Gasteiger partial charge in [-0.25, -0.2) is 19.4 Å². The predicted molar refractivity (Wildman–Crippen MR) is 147 cm³/mol. The monoisotopic (exact) mass is 567 g/mol. The van der Waals surface area contributed by atoms with E-state index >= 15 is 0 Å². The normalized spacial score (nSPS) is 12.3. The van der Waals surface area contributed by atoms with Crippen LogP contribution in [0, 0.1) is 0 Å². The van der Waals surface area contributed by atoms with Gasteiger partial charge in [0.15, 0.2) is 0 Å². The SMILES string of the molecule is CCOC(=O)C=C(c1cccc(Br)c1)n1cc(-c2ncnc3c2ccn3COCC[Si](C)(C)C)cn1. The highest BCUT2D eigenvalue weighted by Gasteiger charge is 2.16. The van der Waals surface area contributed by atoms with Crippen molar-refractivity contribution in [3.8, 4) is 11.3 Å². The van der Waals surface area contributed by atoms with Crippen LogP contribution < -0.4 is 0 Å². The van der Waals surface area contributed by atoms with Crippen LogP contribution in [0.2, 0.25) is 25.7 Å². The minimum absolute atomic E-state index is 0.295. The number of ether oxygens (including phenoxy) is 2. The first-order valence-corrected chi connectivity index (χ1v) is 16.3. The van der Waals surface area contributed by atoms with Gasteiger partial charge < -0.3 is 14.0 Å². The van der Waals surface area contributed by atoms with Crippen LogP contribution in [-0.2, 0) is 21.0 Å². The fraction of sp³-hybridized carbons (Fsp3) is 0.308. The Morgan fingerprint density at radius 3 is 2.78 bits per heavy atom. The lowest BCUT2D eigenvalue weighted by atomic mass is 10.1. The third kappa shape index (κ3) is 6.37. The summed E-state index contributed by atoms with van der Waals surface area (Å²) in [5.41, 5.74) is 3.79. The van der Waals surface area contributed by atoms with E-state index in [0.717, 1.165) is 45.0 Å². The summed E-state index contributed by atoms with van der Waals surface area (Å²) in [4.78, 5) is 21.3. The van der Waals surface area contributed by atoms with E-state index in [1.165, 1.54) is 6.08 Å². The molecule has 0 bridgehead atoms. The number of benzene rings is 1. The largest absolute Gasteiger partial charge is 0.463 e. The zero-order valence-corrected chi connectivity index (χ0v) is 23.5. The summed E-state index contributed by atoms with van der Waals surface area (Å²) >= 11 is 3.50. The van der Waals surface area contributed by atoms with Gasteiger partial charge in [-0.2, -0.15) is 5.10 Å². The van der Waals surface area contributed by atoms with Crippen LogP contribution >= 0.6 is 15.9 Å². The van der Waals surface area contributed by atoms with E-state index in [2.05, 4.69) is 50.6 Å². The van der Waals surface area contributed by atoms with E-state index in [0.29, 0.717) is 19.0 Å². The van der Waals surface area contributed by atoms with Gasteiger partial charge in [-0.1, -0.05) is 47.7 Å². The van der Waals surface area contributed by atoms with Gasteiger partial charge >= 0.3 is 5.97 Å². The van der Waals surface area contributed by atoms with Gasteiger partial charge in [0.2, 0.25) is 0 Å². The quantitative estimate of drug-likeness (QED) is 0.104. The highest BCUT2D eigenvalue weighted by atomic mass is 79.9. The number of rotatable bonds is 10. The molecule has 4 aromatic rings. The predicted octanol–water partition coefficient (Wildman–Crippen LogP) is 5.82. The van der Waals surface area contributed by atoms with Crippen molar-refractivity contribution in [1.82, 2.24) is 24.3 Å². The summed E-state index contributed by atoms with van der Waals surface area (Å²) in [7, 11) is -1.14. The Morgan fingerprint density at radius 2 is 2.03 bits per heavy atom. The lowest BCUT2D eigenvalue weighted by Crippen LogP contribution is -2.22. The van der Waals surface area contributed by atoms with Crippen LogP contribution in [0.5, 0.6) is 0 Å². The van der Waals surface area contributed by atoms with Gasteiger partial charge in [0, 0.05) is 54.1 Å². The number of aromatic nitrogens is 5. The molecule has 0 atom stereocenters. The summed E-state index contributed by atoms with van der Waals surface area (Å²) in [5, 5.41) is 5.45. The van der Waals surface area contributed by atoms with Crippen molar-refractivity contribution in [2.24, 2.45) is 0 Å². The highest BCUT2D eigenvalue weighted by molar-refractivity contribution is 9.10. The van der Waals surface area contributed by atoms with Crippen LogP contribution in [0.1, 0.15) is 12.5 Å². The number of fused-ring (bicyclic) bond motifs is 1. The second kappa shape index (κ2) is 11.3. The smallest absolute Gasteiger partial charge is 0.332 e. The maximum absolute atomic E-state index is 12.3. The maximum atomic E-state index is 12.3. The molecule has 0 spiro atoms. The first-order chi connectivity index (χ1) is 17.2. The van der Waals surface area contributed by atoms with Crippen molar-refractivity contribution in [3.63, 3.8) is 0 Å². The zero-order chi connectivity index (χ0) is 25.7. The van der Waals surface area contributed by atoms with Gasteiger partial charge in [-0.15, -0.1) is 0 Å². The van der Waals surface area contributed by atoms with E-state index in [1.54, 1.807) is 24.1 Å². The number of carbonyl (C=O) groups is 1. The van der Waals surface area contributed by atoms with Crippen LogP contribution in [0.25, 0.3) is 28.0 Å². The highest BCUT2D eigenvalue weighted by Crippen LogP contribution is 2.28. The molecule has 10 heteroatoms. The van der Waals surface area contributed by atoms with Crippen LogP contribution in [-0.4, -0.2) is 51.6 Å². The number of carbonyl (C=O) groups excluding carboxylic acids is 1. The molecular formula is C26H30BrN5O3Si. The molecule has 0 saturated carbocycles. The molecule has 36 heavy (non-hydrogen) atoms. The first kappa shape index (κ1) is 26.0. The molecular weight excluding hydrogens is 538 g/mol. The van der Waals surface area contributed by atoms with E-state index in [-0.39, 0.29) is 0 Å². The van der Waals surface area contributed by atoms with Crippen molar-refractivity contribution in [2.75, 3.05) is 13.2 Å². The average Bonchev–Trinajstić information content (AvgIpc) is 3.47. The standard InChI is InChI=1S/C26H30BrN5O3Si/c1-5-35-24(33)14-23(19-7-6-8-21(27)13-19)32-16-20(15-30-32)25-22-9-10-31(26(22)29-17-28-25)18-34-11-12-36(2,3)4/h6-10,13-17H,5,11-12,18H2,1-4H3. The molecule has 0 amide bonds. The molecule has 1 aromatic carbocycles. The van der Waals surface area contributed by atoms with Crippen molar-refractivity contribution in [3.05, 3.63) is 71.4 Å². The summed E-state index contributed by atoms with van der Waals surface area (Å²) in [6.07, 6.45) is 8.56. The lowest BCUT2D eigenvalue weighted by Gasteiger charge is -2.15. The first-order valence-electron chi connectivity index (χ1n) is 11.8. The second-order valence-corrected chi connectivity index (χ2v) is 16.1. The zero-order valence-electron chi connectivity index (χ0n) is 20.9. The molecule has 0 aliphatic rings. The van der Waals surface area contributed by atoms with Crippen LogP contribution in [0.4, 0.5) is 0 Å². The summed E-state index contributed by atoms with van der Waals surface area (Å²) < 4.78 is 15.6. The second-order valence-electron chi connectivity index (χ2n) is 9.56. The van der Waals surface area contributed by atoms with Gasteiger partial charge in [0.25, 0.3) is 0 Å². The Morgan fingerprint density at radius 1 is 1.19 bits per heavy atom. The summed E-state index contributed by atoms with van der Waals surface area (Å²) in [6, 6.07) is 10.8. The molecule has 4 rings (SSSR count). The van der Waals surface area contributed by atoms with E-state index in [1.807, 2.05) is 47.3 Å². The summed E-state index contributed by atoms with van der Waals surface area (Å²) in [6.45, 7) is 10.3. The number of nitrogens with zero attached hydrogens (tertiary/aromatic N) is 5. The van der Waals surface area contributed by atoms with Gasteiger partial charge in [-0.3, -0.25) is 0 Å². The molecule has 0 aliphatic carbocycles. The van der Waals surface area contributed by atoms with Crippen LogP contribution in [0.3, 0.4) is 0 Å². The van der Waals surface area contributed by atoms with E-state index in [4.69, 9.17) is 9.47 Å². The molecule has 3 heterocycles. The molecule has 0 fully saturated rings. The third-order valence-electron chi connectivity index (χ3n) is 5.55. The summed E-state index contributed by atoms with van der Waals surface area (Å²) in [5.74, 6) is -0.430. The molecule has 0 N–H and O–H groups in total. The van der Waals surface area contributed by atoms with Crippen molar-refractivity contribution >= 4 is 46.7 Å². The fourth-order valence-electron chi connectivity index (χ4n) is 3.68. The molecule has 0 aliphatic heterocycles. The molecule has 188 valence electrons.